The van der Waals surface area contributed by atoms with Crippen molar-refractivity contribution in [3.05, 3.63) is 18.2 Å². The van der Waals surface area contributed by atoms with Crippen molar-refractivity contribution in [3.63, 3.8) is 0 Å². The van der Waals surface area contributed by atoms with Crippen LogP contribution in [0, 0.1) is 16.7 Å². The molecule has 2 aromatic rings. The predicted octanol–water partition coefficient (Wildman–Crippen LogP) is 1.48. The molecule has 1 heterocycles. The first-order valence-electron chi connectivity index (χ1n) is 5.76. The van der Waals surface area contributed by atoms with Crippen molar-refractivity contribution in [2.45, 2.75) is 6.92 Å². The van der Waals surface area contributed by atoms with Crippen molar-refractivity contribution in [2.24, 2.45) is 10.8 Å². The van der Waals surface area contributed by atoms with Gasteiger partial charge in [0.25, 0.3) is 0 Å². The van der Waals surface area contributed by atoms with Crippen LogP contribution < -0.4 is 16.5 Å². The highest BCUT2D eigenvalue weighted by Gasteiger charge is 2.06. The lowest BCUT2D eigenvalue weighted by molar-refractivity contribution is -0.114. The molecule has 1 amide bonds. The third-order valence-electron chi connectivity index (χ3n) is 2.33. The van der Waals surface area contributed by atoms with Gasteiger partial charge in [0, 0.05) is 6.92 Å². The van der Waals surface area contributed by atoms with Crippen LogP contribution >= 0.6 is 11.3 Å². The summed E-state index contributed by atoms with van der Waals surface area (Å²) < 4.78 is 0.903. The molecule has 106 valence electrons. The van der Waals surface area contributed by atoms with Crippen LogP contribution in [-0.2, 0) is 4.79 Å². The van der Waals surface area contributed by atoms with Gasteiger partial charge in [0.05, 0.1) is 15.9 Å². The molecule has 21 heavy (non-hydrogen) atoms. The number of benzene rings is 1. The molecule has 0 aliphatic rings. The van der Waals surface area contributed by atoms with Crippen LogP contribution in [0.15, 0.2) is 23.3 Å². The average molecular weight is 301 g/mol. The fraction of sp³-hybridized carbons (Fsp3) is 0.0833. The number of hydrogen-bond acceptors (Lipinski definition) is 7. The number of nitriles is 1. The molecule has 0 fully saturated rings. The Morgan fingerprint density at radius 1 is 1.57 bits per heavy atom. The summed E-state index contributed by atoms with van der Waals surface area (Å²) in [4.78, 5) is 15.3. The van der Waals surface area contributed by atoms with E-state index < -0.39 is 5.84 Å². The second-order valence-corrected chi connectivity index (χ2v) is 5.01. The van der Waals surface area contributed by atoms with Crippen LogP contribution in [0.3, 0.4) is 0 Å². The van der Waals surface area contributed by atoms with Gasteiger partial charge in [-0.05, 0) is 18.2 Å². The molecule has 0 aliphatic heterocycles. The van der Waals surface area contributed by atoms with E-state index >= 15 is 0 Å². The van der Waals surface area contributed by atoms with Gasteiger partial charge < -0.3 is 11.1 Å². The molecule has 0 bridgehead atoms. The van der Waals surface area contributed by atoms with Crippen LogP contribution in [0.4, 0.5) is 10.8 Å². The topological polar surface area (TPSA) is 140 Å². The quantitative estimate of drug-likeness (QED) is 0.384. The zero-order chi connectivity index (χ0) is 15.4. The minimum atomic E-state index is -0.410. The van der Waals surface area contributed by atoms with Crippen molar-refractivity contribution in [1.82, 2.24) is 4.98 Å². The smallest absolute Gasteiger partial charge is 0.223 e. The molecule has 0 atom stereocenters. The molecule has 0 saturated heterocycles. The van der Waals surface area contributed by atoms with Crippen molar-refractivity contribution in [3.8, 4) is 6.07 Å². The Labute approximate surface area is 123 Å². The van der Waals surface area contributed by atoms with Gasteiger partial charge in [-0.1, -0.05) is 11.3 Å². The normalized spacial score (nSPS) is 11.0. The maximum atomic E-state index is 11.0. The molecule has 9 heteroatoms. The minimum absolute atomic E-state index is 0.183. The lowest BCUT2D eigenvalue weighted by atomic mass is 10.3. The molecular formula is C12H11N7OS. The second-order valence-electron chi connectivity index (χ2n) is 3.98. The van der Waals surface area contributed by atoms with Gasteiger partial charge in [-0.15, -0.1) is 0 Å². The number of carbonyl (C=O) groups excluding carboxylic acids is 1. The largest absolute Gasteiger partial charge is 0.382 e. The van der Waals surface area contributed by atoms with E-state index in [0.29, 0.717) is 16.3 Å². The number of amidine groups is 1. The zero-order valence-corrected chi connectivity index (χ0v) is 11.8. The fourth-order valence-electron chi connectivity index (χ4n) is 1.47. The maximum absolute atomic E-state index is 11.0. The Morgan fingerprint density at radius 2 is 2.33 bits per heavy atom. The van der Waals surface area contributed by atoms with Crippen LogP contribution in [-0.4, -0.2) is 22.4 Å². The molecular weight excluding hydrogens is 290 g/mol. The van der Waals surface area contributed by atoms with Crippen molar-refractivity contribution in [2.75, 3.05) is 10.7 Å². The van der Waals surface area contributed by atoms with Gasteiger partial charge in [-0.25, -0.2) is 4.98 Å². The lowest BCUT2D eigenvalue weighted by Crippen LogP contribution is -2.21. The van der Waals surface area contributed by atoms with E-state index in [1.807, 2.05) is 6.07 Å². The Balaban J connectivity index is 2.25. The third kappa shape index (κ3) is 3.52. The summed E-state index contributed by atoms with van der Waals surface area (Å²) in [6.45, 7) is 1.42. The summed E-state index contributed by atoms with van der Waals surface area (Å²) in [5.74, 6) is -0.593. The van der Waals surface area contributed by atoms with Crippen molar-refractivity contribution in [1.29, 1.82) is 10.7 Å². The monoisotopic (exact) mass is 301 g/mol. The van der Waals surface area contributed by atoms with Crippen LogP contribution in [0.1, 0.15) is 6.92 Å². The summed E-state index contributed by atoms with van der Waals surface area (Å²) in [6.07, 6.45) is 0. The number of nitrogens with two attached hydrogens (primary N) is 1. The molecule has 0 unspecified atom stereocenters. The highest BCUT2D eigenvalue weighted by atomic mass is 32.1. The van der Waals surface area contributed by atoms with E-state index in [1.165, 1.54) is 18.3 Å². The first-order chi connectivity index (χ1) is 9.99. The zero-order valence-electron chi connectivity index (χ0n) is 11.0. The molecule has 1 aromatic carbocycles. The van der Waals surface area contributed by atoms with Gasteiger partial charge in [0.2, 0.25) is 11.6 Å². The van der Waals surface area contributed by atoms with Gasteiger partial charge in [-0.2, -0.15) is 10.4 Å². The molecule has 0 aliphatic carbocycles. The van der Waals surface area contributed by atoms with E-state index in [-0.39, 0.29) is 11.6 Å². The highest BCUT2D eigenvalue weighted by Crippen LogP contribution is 2.28. The molecule has 0 spiro atoms. The Hall–Kier alpha value is -2.99. The number of thiazole rings is 1. The summed E-state index contributed by atoms with van der Waals surface area (Å²) >= 11 is 1.35. The van der Waals surface area contributed by atoms with Crippen LogP contribution in [0.2, 0.25) is 0 Å². The SMILES string of the molecule is CC(=O)Nc1nc2cc(N/N=C(\C#N)C(=N)N)ccc2s1. The van der Waals surface area contributed by atoms with Crippen molar-refractivity contribution < 1.29 is 4.79 Å². The van der Waals surface area contributed by atoms with Gasteiger partial charge >= 0.3 is 0 Å². The predicted molar refractivity (Wildman–Crippen MR) is 82.5 cm³/mol. The maximum Gasteiger partial charge on any atom is 0.223 e. The average Bonchev–Trinajstić information content (AvgIpc) is 2.79. The number of amides is 1. The summed E-state index contributed by atoms with van der Waals surface area (Å²) in [7, 11) is 0. The Bertz CT molecular complexity index is 786. The first-order valence-corrected chi connectivity index (χ1v) is 6.57. The van der Waals surface area contributed by atoms with Gasteiger partial charge in [0.1, 0.15) is 6.07 Å². The minimum Gasteiger partial charge on any atom is -0.382 e. The molecule has 2 rings (SSSR count). The van der Waals surface area contributed by atoms with Gasteiger partial charge in [0.15, 0.2) is 11.0 Å². The Kier molecular flexibility index (Phi) is 4.10. The second kappa shape index (κ2) is 5.98. The standard InChI is InChI=1S/C12H11N7OS/c1-6(20)16-12-17-8-4-7(2-3-10(8)21-12)18-19-9(5-13)11(14)15/h2-4,18H,1H3,(H3,14,15)(H,16,17,20)/b19-9+. The van der Waals surface area contributed by atoms with Crippen LogP contribution in [0.25, 0.3) is 10.2 Å². The number of anilines is 2. The number of carbonyl (C=O) groups is 1. The molecule has 0 radical (unpaired) electrons. The molecule has 8 nitrogen and oxygen atoms in total. The Morgan fingerprint density at radius 3 is 2.95 bits per heavy atom. The summed E-state index contributed by atoms with van der Waals surface area (Å²) in [6, 6.07) is 6.99. The van der Waals surface area contributed by atoms with Crippen LogP contribution in [0.5, 0.6) is 0 Å². The van der Waals surface area contributed by atoms with E-state index in [1.54, 1.807) is 18.2 Å². The molecule has 0 saturated carbocycles. The molecule has 5 N–H and O–H groups in total. The number of rotatable bonds is 4. The number of nitrogens with one attached hydrogen (secondary N) is 3. The third-order valence-corrected chi connectivity index (χ3v) is 3.28. The number of hydrazone groups is 1. The van der Waals surface area contributed by atoms with E-state index in [9.17, 15) is 4.79 Å². The van der Waals surface area contributed by atoms with Gasteiger partial charge in [-0.3, -0.25) is 15.6 Å². The van der Waals surface area contributed by atoms with Crippen molar-refractivity contribution >= 4 is 49.8 Å². The first kappa shape index (κ1) is 14.4. The van der Waals surface area contributed by atoms with E-state index in [4.69, 9.17) is 16.4 Å². The highest BCUT2D eigenvalue weighted by molar-refractivity contribution is 7.22. The summed E-state index contributed by atoms with van der Waals surface area (Å²) in [5.41, 5.74) is 8.91. The lowest BCUT2D eigenvalue weighted by Gasteiger charge is -2.00. The van der Waals surface area contributed by atoms with E-state index in [2.05, 4.69) is 20.8 Å². The summed E-state index contributed by atoms with van der Waals surface area (Å²) in [5, 5.41) is 22.8. The number of nitrogens with zero attached hydrogens (tertiary/aromatic N) is 3. The number of aromatic nitrogens is 1. The van der Waals surface area contributed by atoms with E-state index in [0.717, 1.165) is 4.70 Å². The number of fused-ring (bicyclic) bond motifs is 1. The number of hydrogen-bond donors (Lipinski definition) is 4. The fourth-order valence-corrected chi connectivity index (χ4v) is 2.36. The molecule has 1 aromatic heterocycles.